The molecule has 0 atom stereocenters. The first-order chi connectivity index (χ1) is 5.11. The fourth-order valence-corrected chi connectivity index (χ4v) is 0.620. The predicted molar refractivity (Wildman–Crippen MR) is 33.5 cm³/mol. The molecule has 0 saturated carbocycles. The summed E-state index contributed by atoms with van der Waals surface area (Å²) in [6.07, 6.45) is 0.882. The minimum absolute atomic E-state index is 0.426. The molecule has 5 nitrogen and oxygen atoms in total. The van der Waals surface area contributed by atoms with E-state index in [-0.39, 0.29) is 0 Å². The number of carboxylic acids is 1. The lowest BCUT2D eigenvalue weighted by atomic mass is 10.3. The van der Waals surface area contributed by atoms with E-state index in [1.807, 2.05) is 0 Å². The summed E-state index contributed by atoms with van der Waals surface area (Å²) in [4.78, 5) is 22.7. The van der Waals surface area contributed by atoms with E-state index in [4.69, 9.17) is 5.11 Å². The lowest BCUT2D eigenvalue weighted by molar-refractivity contribution is -0.269. The summed E-state index contributed by atoms with van der Waals surface area (Å²) < 4.78 is 0. The summed E-state index contributed by atoms with van der Waals surface area (Å²) in [6, 6.07) is 0.698. The number of aromatic amines is 1. The van der Waals surface area contributed by atoms with Crippen LogP contribution in [-0.4, -0.2) is 16.1 Å². The van der Waals surface area contributed by atoms with E-state index >= 15 is 0 Å². The summed E-state index contributed by atoms with van der Waals surface area (Å²) in [7, 11) is 0. The van der Waals surface area contributed by atoms with Crippen LogP contribution < -0.4 is 10.7 Å². The van der Waals surface area contributed by atoms with Gasteiger partial charge in [0.25, 0.3) is 0 Å². The molecule has 0 fully saturated rings. The average Bonchev–Trinajstić information content (AvgIpc) is 1.85. The largest absolute Gasteiger partial charge is 0.872 e. The lowest BCUT2D eigenvalue weighted by Gasteiger charge is -2.06. The van der Waals surface area contributed by atoms with Gasteiger partial charge in [0.15, 0.2) is 0 Å². The molecule has 0 spiro atoms. The third-order valence-electron chi connectivity index (χ3n) is 1.12. The molecule has 1 rings (SSSR count). The Morgan fingerprint density at radius 3 is 2.73 bits per heavy atom. The first-order valence-corrected chi connectivity index (χ1v) is 2.74. The van der Waals surface area contributed by atoms with Crippen molar-refractivity contribution in [1.82, 2.24) is 4.98 Å². The van der Waals surface area contributed by atoms with Crippen LogP contribution in [0.5, 0.6) is 5.75 Å². The van der Waals surface area contributed by atoms with Gasteiger partial charge in [-0.3, -0.25) is 4.79 Å². The van der Waals surface area contributed by atoms with Gasteiger partial charge in [-0.1, -0.05) is 5.75 Å². The van der Waals surface area contributed by atoms with Crippen LogP contribution in [0, 0.1) is 0 Å². The fraction of sp³-hybridized carbons (Fsp3) is 0. The number of aromatic carboxylic acids is 1. The highest BCUT2D eigenvalue weighted by Gasteiger charge is 2.02. The van der Waals surface area contributed by atoms with Gasteiger partial charge in [-0.2, -0.15) is 0 Å². The Hall–Kier alpha value is -1.78. The van der Waals surface area contributed by atoms with Crippen LogP contribution in [0.4, 0.5) is 0 Å². The maximum absolute atomic E-state index is 10.7. The van der Waals surface area contributed by atoms with Crippen molar-refractivity contribution in [2.24, 2.45) is 0 Å². The number of hydrogen-bond acceptors (Lipinski definition) is 3. The Morgan fingerprint density at radius 1 is 1.64 bits per heavy atom. The number of nitrogens with one attached hydrogen (secondary N) is 1. The molecule has 0 aliphatic rings. The van der Waals surface area contributed by atoms with Crippen LogP contribution in [-0.2, 0) is 0 Å². The Labute approximate surface area is 60.9 Å². The van der Waals surface area contributed by atoms with E-state index in [1.165, 1.54) is 0 Å². The number of H-pyrrole nitrogens is 1. The first kappa shape index (κ1) is 7.33. The molecule has 0 aliphatic heterocycles. The highest BCUT2D eigenvalue weighted by atomic mass is 16.4. The lowest BCUT2D eigenvalue weighted by Crippen LogP contribution is -2.11. The van der Waals surface area contributed by atoms with Gasteiger partial charge >= 0.3 is 5.97 Å². The van der Waals surface area contributed by atoms with E-state index in [1.54, 1.807) is 0 Å². The molecule has 0 saturated heterocycles. The van der Waals surface area contributed by atoms with Crippen LogP contribution in [0.1, 0.15) is 10.4 Å². The van der Waals surface area contributed by atoms with E-state index in [2.05, 4.69) is 4.98 Å². The predicted octanol–water partition coefficient (Wildman–Crippen LogP) is -0.853. The molecule has 0 bridgehead atoms. The van der Waals surface area contributed by atoms with Crippen LogP contribution in [0.2, 0.25) is 0 Å². The molecule has 0 aromatic carbocycles. The van der Waals surface area contributed by atoms with E-state index in [0.717, 1.165) is 6.20 Å². The Balaban J connectivity index is 3.31. The van der Waals surface area contributed by atoms with Crippen LogP contribution in [0.15, 0.2) is 17.1 Å². The molecule has 1 aromatic heterocycles. The first-order valence-electron chi connectivity index (χ1n) is 2.74. The molecule has 11 heavy (non-hydrogen) atoms. The van der Waals surface area contributed by atoms with Crippen molar-refractivity contribution in [3.05, 3.63) is 28.2 Å². The smallest absolute Gasteiger partial charge is 0.336 e. The zero-order valence-corrected chi connectivity index (χ0v) is 5.33. The number of pyridine rings is 1. The normalized spacial score (nSPS) is 9.45. The zero-order valence-electron chi connectivity index (χ0n) is 5.33. The van der Waals surface area contributed by atoms with Gasteiger partial charge < -0.3 is 15.2 Å². The average molecular weight is 154 g/mol. The molecule has 5 heteroatoms. The van der Waals surface area contributed by atoms with Crippen molar-refractivity contribution in [3.63, 3.8) is 0 Å². The molecule has 0 amide bonds. The van der Waals surface area contributed by atoms with Gasteiger partial charge in [0.05, 0.1) is 5.56 Å². The summed E-state index contributed by atoms with van der Waals surface area (Å²) in [6.45, 7) is 0. The van der Waals surface area contributed by atoms with Crippen molar-refractivity contribution < 1.29 is 15.0 Å². The van der Waals surface area contributed by atoms with Gasteiger partial charge in [-0.15, -0.1) is 0 Å². The standard InChI is InChI=1S/C6H5NO4/c8-4-1-5(9)7-2-3(4)6(10)11/h1-2H,(H,10,11)(H2,7,8,9)/p-1. The van der Waals surface area contributed by atoms with E-state index in [9.17, 15) is 14.7 Å². The van der Waals surface area contributed by atoms with Gasteiger partial charge in [0.1, 0.15) is 0 Å². The molecule has 1 heterocycles. The highest BCUT2D eigenvalue weighted by molar-refractivity contribution is 5.89. The summed E-state index contributed by atoms with van der Waals surface area (Å²) in [5, 5.41) is 19.0. The molecule has 58 valence electrons. The second kappa shape index (κ2) is 2.45. The van der Waals surface area contributed by atoms with Gasteiger partial charge in [0.2, 0.25) is 5.56 Å². The van der Waals surface area contributed by atoms with Gasteiger partial charge in [0, 0.05) is 6.20 Å². The fourth-order valence-electron chi connectivity index (χ4n) is 0.620. The summed E-state index contributed by atoms with van der Waals surface area (Å²) in [5.74, 6) is -2.12. The van der Waals surface area contributed by atoms with Crippen LogP contribution in [0.25, 0.3) is 0 Å². The molecule has 0 radical (unpaired) electrons. The zero-order chi connectivity index (χ0) is 8.43. The quantitative estimate of drug-likeness (QED) is 0.550. The number of carboxylic acid groups (broad SMARTS) is 1. The van der Waals surface area contributed by atoms with Crippen molar-refractivity contribution >= 4 is 5.97 Å². The summed E-state index contributed by atoms with van der Waals surface area (Å²) in [5.41, 5.74) is -1.02. The van der Waals surface area contributed by atoms with Crippen molar-refractivity contribution in [3.8, 4) is 5.75 Å². The molecule has 1 aromatic rings. The molecule has 2 N–H and O–H groups in total. The molecular formula is C6H4NO4-. The Bertz CT molecular complexity index is 341. The topological polar surface area (TPSA) is 93.2 Å². The number of hydrogen-bond donors (Lipinski definition) is 2. The molecule has 0 aliphatic carbocycles. The third kappa shape index (κ3) is 1.37. The van der Waals surface area contributed by atoms with Crippen LogP contribution >= 0.6 is 0 Å². The number of aromatic nitrogens is 1. The van der Waals surface area contributed by atoms with Crippen molar-refractivity contribution in [1.29, 1.82) is 0 Å². The van der Waals surface area contributed by atoms with E-state index < -0.39 is 22.8 Å². The van der Waals surface area contributed by atoms with Gasteiger partial charge in [-0.05, 0) is 6.07 Å². The minimum atomic E-state index is -1.34. The monoisotopic (exact) mass is 154 g/mol. The second-order valence-corrected chi connectivity index (χ2v) is 1.88. The van der Waals surface area contributed by atoms with E-state index in [0.29, 0.717) is 6.07 Å². The molecular weight excluding hydrogens is 150 g/mol. The van der Waals surface area contributed by atoms with Crippen molar-refractivity contribution in [2.45, 2.75) is 0 Å². The van der Waals surface area contributed by atoms with Crippen molar-refractivity contribution in [2.75, 3.05) is 0 Å². The Kier molecular flexibility index (Phi) is 1.63. The Morgan fingerprint density at radius 2 is 2.27 bits per heavy atom. The highest BCUT2D eigenvalue weighted by Crippen LogP contribution is 2.06. The minimum Gasteiger partial charge on any atom is -0.872 e. The SMILES string of the molecule is O=C(O)c1c[nH]c(=O)cc1[O-]. The number of rotatable bonds is 1. The maximum Gasteiger partial charge on any atom is 0.336 e. The summed E-state index contributed by atoms with van der Waals surface area (Å²) >= 11 is 0. The maximum atomic E-state index is 10.7. The van der Waals surface area contributed by atoms with Gasteiger partial charge in [-0.25, -0.2) is 4.79 Å². The molecule has 0 unspecified atom stereocenters. The van der Waals surface area contributed by atoms with Crippen LogP contribution in [0.3, 0.4) is 0 Å². The third-order valence-corrected chi connectivity index (χ3v) is 1.12. The second-order valence-electron chi connectivity index (χ2n) is 1.88. The number of carbonyl (C=O) groups is 1.